The first kappa shape index (κ1) is 19.9. The maximum atomic E-state index is 4.95. The molecule has 0 fully saturated rings. The molecular formula is C30H20N4. The molecule has 0 spiro atoms. The molecule has 0 aliphatic heterocycles. The van der Waals surface area contributed by atoms with Crippen LogP contribution in [0.25, 0.3) is 56.1 Å². The van der Waals surface area contributed by atoms with Crippen molar-refractivity contribution in [1.82, 2.24) is 19.9 Å². The summed E-state index contributed by atoms with van der Waals surface area (Å²) < 4.78 is 0. The molecule has 160 valence electrons. The fourth-order valence-electron chi connectivity index (χ4n) is 4.13. The van der Waals surface area contributed by atoms with Crippen LogP contribution in [0.2, 0.25) is 0 Å². The average Bonchev–Trinajstić information content (AvgIpc) is 2.93. The van der Waals surface area contributed by atoms with Gasteiger partial charge in [0.2, 0.25) is 0 Å². The Kier molecular flexibility index (Phi) is 5.09. The van der Waals surface area contributed by atoms with Gasteiger partial charge in [-0.2, -0.15) is 0 Å². The van der Waals surface area contributed by atoms with Crippen molar-refractivity contribution in [1.29, 1.82) is 0 Å². The molecule has 6 aromatic rings. The predicted molar refractivity (Wildman–Crippen MR) is 137 cm³/mol. The fraction of sp³-hybridized carbons (Fsp3) is 0. The summed E-state index contributed by atoms with van der Waals surface area (Å²) in [6.07, 6.45) is 3.64. The second-order valence-corrected chi connectivity index (χ2v) is 8.02. The Morgan fingerprint density at radius 3 is 1.94 bits per heavy atom. The molecule has 34 heavy (non-hydrogen) atoms. The monoisotopic (exact) mass is 436 g/mol. The molecule has 4 nitrogen and oxygen atoms in total. The highest BCUT2D eigenvalue weighted by atomic mass is 15.0. The average molecular weight is 437 g/mol. The molecule has 4 aromatic carbocycles. The maximum Gasteiger partial charge on any atom is 0.164 e. The number of pyridine rings is 1. The quantitative estimate of drug-likeness (QED) is 0.296. The Labute approximate surface area is 197 Å². The molecule has 0 aliphatic carbocycles. The van der Waals surface area contributed by atoms with E-state index in [-0.39, 0.29) is 0 Å². The molecule has 4 heteroatoms. The summed E-state index contributed by atoms with van der Waals surface area (Å²) in [5, 5.41) is 2.27. The standard InChI is InChI=1S/C30H20N4/c1-2-10-22(11-3-1)28-32-29(24-14-6-13-23(19-24)25-15-8-18-31-20-25)34-30(33-28)27-17-7-12-21-9-4-5-16-26(21)27/h1-20H. The van der Waals surface area contributed by atoms with Crippen LogP contribution >= 0.6 is 0 Å². The highest BCUT2D eigenvalue weighted by molar-refractivity contribution is 5.95. The van der Waals surface area contributed by atoms with E-state index in [1.54, 1.807) is 6.20 Å². The van der Waals surface area contributed by atoms with Gasteiger partial charge < -0.3 is 0 Å². The van der Waals surface area contributed by atoms with Gasteiger partial charge in [0.15, 0.2) is 17.5 Å². The summed E-state index contributed by atoms with van der Waals surface area (Å²) in [6, 6.07) is 36.8. The summed E-state index contributed by atoms with van der Waals surface area (Å²) >= 11 is 0. The van der Waals surface area contributed by atoms with E-state index < -0.39 is 0 Å². The van der Waals surface area contributed by atoms with Crippen LogP contribution in [0.3, 0.4) is 0 Å². The lowest BCUT2D eigenvalue weighted by molar-refractivity contribution is 1.08. The van der Waals surface area contributed by atoms with Gasteiger partial charge in [-0.15, -0.1) is 0 Å². The van der Waals surface area contributed by atoms with Gasteiger partial charge in [-0.25, -0.2) is 15.0 Å². The van der Waals surface area contributed by atoms with Crippen molar-refractivity contribution >= 4 is 10.8 Å². The molecule has 0 saturated carbocycles. The predicted octanol–water partition coefficient (Wildman–Crippen LogP) is 7.09. The molecular weight excluding hydrogens is 416 g/mol. The van der Waals surface area contributed by atoms with Gasteiger partial charge in [-0.3, -0.25) is 4.98 Å². The molecule has 0 aliphatic rings. The van der Waals surface area contributed by atoms with Crippen LogP contribution in [-0.2, 0) is 0 Å². The molecule has 0 N–H and O–H groups in total. The summed E-state index contributed by atoms with van der Waals surface area (Å²) in [6.45, 7) is 0. The zero-order valence-electron chi connectivity index (χ0n) is 18.3. The fourth-order valence-corrected chi connectivity index (χ4v) is 4.13. The third-order valence-electron chi connectivity index (χ3n) is 5.81. The molecule has 0 bridgehead atoms. The van der Waals surface area contributed by atoms with Crippen molar-refractivity contribution in [2.45, 2.75) is 0 Å². The van der Waals surface area contributed by atoms with Crippen LogP contribution in [0, 0.1) is 0 Å². The molecule has 2 aromatic heterocycles. The number of fused-ring (bicyclic) bond motifs is 1. The first-order valence-corrected chi connectivity index (χ1v) is 11.2. The van der Waals surface area contributed by atoms with Gasteiger partial charge in [0.1, 0.15) is 0 Å². The lowest BCUT2D eigenvalue weighted by Crippen LogP contribution is -2.00. The zero-order chi connectivity index (χ0) is 22.7. The van der Waals surface area contributed by atoms with E-state index in [9.17, 15) is 0 Å². The van der Waals surface area contributed by atoms with E-state index >= 15 is 0 Å². The van der Waals surface area contributed by atoms with E-state index in [0.29, 0.717) is 17.5 Å². The minimum Gasteiger partial charge on any atom is -0.264 e. The number of aromatic nitrogens is 4. The Bertz CT molecular complexity index is 1590. The second kappa shape index (κ2) is 8.68. The maximum absolute atomic E-state index is 4.95. The van der Waals surface area contributed by atoms with Gasteiger partial charge in [0, 0.05) is 34.6 Å². The summed E-state index contributed by atoms with van der Waals surface area (Å²) in [5.74, 6) is 1.95. The number of benzene rings is 4. The second-order valence-electron chi connectivity index (χ2n) is 8.02. The minimum atomic E-state index is 0.641. The Morgan fingerprint density at radius 1 is 0.441 bits per heavy atom. The van der Waals surface area contributed by atoms with E-state index in [1.165, 1.54) is 0 Å². The molecule has 0 unspecified atom stereocenters. The van der Waals surface area contributed by atoms with Crippen molar-refractivity contribution in [3.63, 3.8) is 0 Å². The summed E-state index contributed by atoms with van der Waals surface area (Å²) in [7, 11) is 0. The summed E-state index contributed by atoms with van der Waals surface area (Å²) in [4.78, 5) is 19.0. The Morgan fingerprint density at radius 2 is 1.09 bits per heavy atom. The van der Waals surface area contributed by atoms with Crippen LogP contribution in [0.15, 0.2) is 122 Å². The van der Waals surface area contributed by atoms with E-state index in [1.807, 2.05) is 72.9 Å². The van der Waals surface area contributed by atoms with Crippen LogP contribution in [0.4, 0.5) is 0 Å². The lowest BCUT2D eigenvalue weighted by atomic mass is 10.0. The molecule has 0 amide bonds. The van der Waals surface area contributed by atoms with E-state index in [4.69, 9.17) is 15.0 Å². The van der Waals surface area contributed by atoms with Gasteiger partial charge in [-0.05, 0) is 28.5 Å². The van der Waals surface area contributed by atoms with E-state index in [2.05, 4.69) is 47.4 Å². The topological polar surface area (TPSA) is 51.6 Å². The molecule has 6 rings (SSSR count). The van der Waals surface area contributed by atoms with Crippen LogP contribution in [0.1, 0.15) is 0 Å². The minimum absolute atomic E-state index is 0.641. The van der Waals surface area contributed by atoms with Crippen molar-refractivity contribution in [3.05, 3.63) is 122 Å². The van der Waals surface area contributed by atoms with Crippen molar-refractivity contribution in [2.75, 3.05) is 0 Å². The van der Waals surface area contributed by atoms with Gasteiger partial charge >= 0.3 is 0 Å². The van der Waals surface area contributed by atoms with Crippen LogP contribution in [-0.4, -0.2) is 19.9 Å². The SMILES string of the molecule is c1ccc(-c2nc(-c3cccc(-c4cccnc4)c3)nc(-c3cccc4ccccc34)n2)cc1. The smallest absolute Gasteiger partial charge is 0.164 e. The third kappa shape index (κ3) is 3.82. The van der Waals surface area contributed by atoms with Crippen molar-refractivity contribution in [2.24, 2.45) is 0 Å². The number of nitrogens with zero attached hydrogens (tertiary/aromatic N) is 4. The highest BCUT2D eigenvalue weighted by Gasteiger charge is 2.14. The van der Waals surface area contributed by atoms with E-state index in [0.717, 1.165) is 38.6 Å². The van der Waals surface area contributed by atoms with Crippen molar-refractivity contribution in [3.8, 4) is 45.3 Å². The molecule has 0 radical (unpaired) electrons. The first-order valence-electron chi connectivity index (χ1n) is 11.2. The Hall–Kier alpha value is -4.70. The number of hydrogen-bond donors (Lipinski definition) is 0. The van der Waals surface area contributed by atoms with Gasteiger partial charge in [0.05, 0.1) is 0 Å². The highest BCUT2D eigenvalue weighted by Crippen LogP contribution is 2.30. The normalized spacial score (nSPS) is 10.9. The number of rotatable bonds is 4. The molecule has 0 saturated heterocycles. The Balaban J connectivity index is 1.56. The van der Waals surface area contributed by atoms with Crippen LogP contribution < -0.4 is 0 Å². The van der Waals surface area contributed by atoms with Crippen molar-refractivity contribution < 1.29 is 0 Å². The van der Waals surface area contributed by atoms with Gasteiger partial charge in [0.25, 0.3) is 0 Å². The first-order chi connectivity index (χ1) is 16.8. The third-order valence-corrected chi connectivity index (χ3v) is 5.81. The number of hydrogen-bond acceptors (Lipinski definition) is 4. The lowest BCUT2D eigenvalue weighted by Gasteiger charge is -2.11. The molecule has 0 atom stereocenters. The largest absolute Gasteiger partial charge is 0.264 e. The molecule has 2 heterocycles. The zero-order valence-corrected chi connectivity index (χ0v) is 18.3. The van der Waals surface area contributed by atoms with Gasteiger partial charge in [-0.1, -0.05) is 97.1 Å². The van der Waals surface area contributed by atoms with Crippen LogP contribution in [0.5, 0.6) is 0 Å². The summed E-state index contributed by atoms with van der Waals surface area (Å²) in [5.41, 5.74) is 5.00.